The number of aromatic amines is 1. The lowest BCUT2D eigenvalue weighted by atomic mass is 10.2. The molecule has 0 fully saturated rings. The fourth-order valence-electron chi connectivity index (χ4n) is 2.42. The first-order valence-electron chi connectivity index (χ1n) is 8.35. The van der Waals surface area contributed by atoms with Crippen LogP contribution in [0.2, 0.25) is 5.02 Å². The number of carbonyl (C=O) groups excluding carboxylic acids is 1. The monoisotopic (exact) mass is 404 g/mol. The van der Waals surface area contributed by atoms with Gasteiger partial charge in [-0.05, 0) is 35.9 Å². The fourth-order valence-corrected chi connectivity index (χ4v) is 2.60. The summed E-state index contributed by atoms with van der Waals surface area (Å²) < 4.78 is 26.1. The number of rotatable bonds is 6. The lowest BCUT2D eigenvalue weighted by Crippen LogP contribution is -2.25. The van der Waals surface area contributed by atoms with Crippen LogP contribution in [0, 0.1) is 11.6 Å². The molecule has 9 heteroatoms. The van der Waals surface area contributed by atoms with Crippen LogP contribution in [0.1, 0.15) is 17.7 Å². The van der Waals surface area contributed by atoms with Gasteiger partial charge in [-0.1, -0.05) is 23.7 Å². The van der Waals surface area contributed by atoms with Crippen LogP contribution in [0.3, 0.4) is 0 Å². The maximum atomic E-state index is 13.2. The van der Waals surface area contributed by atoms with Crippen LogP contribution in [0.4, 0.5) is 8.78 Å². The summed E-state index contributed by atoms with van der Waals surface area (Å²) in [5, 5.41) is 10.4. The molecule has 0 aliphatic carbocycles. The highest BCUT2D eigenvalue weighted by atomic mass is 35.5. The number of halogens is 3. The molecule has 2 N–H and O–H groups in total. The van der Waals surface area contributed by atoms with Gasteiger partial charge < -0.3 is 10.3 Å². The van der Waals surface area contributed by atoms with Crippen molar-refractivity contribution in [3.63, 3.8) is 0 Å². The molecular formula is C19H15ClF2N4O2. The Hall–Kier alpha value is -3.13. The predicted molar refractivity (Wildman–Crippen MR) is 99.6 cm³/mol. The first kappa shape index (κ1) is 19.6. The number of amides is 1. The van der Waals surface area contributed by atoms with Crippen LogP contribution in [-0.2, 0) is 17.8 Å². The first-order chi connectivity index (χ1) is 13.4. The molecule has 3 aromatic rings. The number of nitrogens with zero attached hydrogens (tertiary/aromatic N) is 2. The molecule has 0 saturated heterocycles. The van der Waals surface area contributed by atoms with Crippen LogP contribution < -0.4 is 10.9 Å². The van der Waals surface area contributed by atoms with Gasteiger partial charge in [-0.15, -0.1) is 10.2 Å². The van der Waals surface area contributed by atoms with Crippen molar-refractivity contribution in [2.75, 3.05) is 0 Å². The third-order valence-corrected chi connectivity index (χ3v) is 4.24. The van der Waals surface area contributed by atoms with E-state index in [0.29, 0.717) is 5.56 Å². The number of aryl methyl sites for hydroxylation is 1. The Morgan fingerprint density at radius 2 is 1.86 bits per heavy atom. The summed E-state index contributed by atoms with van der Waals surface area (Å²) in [5.74, 6) is -1.06. The first-order valence-corrected chi connectivity index (χ1v) is 8.72. The summed E-state index contributed by atoms with van der Waals surface area (Å²) in [7, 11) is 0. The van der Waals surface area contributed by atoms with Crippen LogP contribution in [-0.4, -0.2) is 21.1 Å². The van der Waals surface area contributed by atoms with Crippen molar-refractivity contribution in [1.82, 2.24) is 20.5 Å². The van der Waals surface area contributed by atoms with Crippen molar-refractivity contribution in [3.8, 4) is 11.4 Å². The minimum absolute atomic E-state index is 0.0423. The molecule has 0 saturated carbocycles. The quantitative estimate of drug-likeness (QED) is 0.661. The maximum Gasteiger partial charge on any atom is 0.273 e. The molecular weight excluding hydrogens is 390 g/mol. The molecule has 0 unspecified atom stereocenters. The largest absolute Gasteiger partial charge is 0.352 e. The zero-order chi connectivity index (χ0) is 20.1. The van der Waals surface area contributed by atoms with E-state index in [2.05, 4.69) is 20.5 Å². The van der Waals surface area contributed by atoms with E-state index in [1.807, 2.05) is 0 Å². The Morgan fingerprint density at radius 3 is 2.54 bits per heavy atom. The molecule has 144 valence electrons. The number of carbonyl (C=O) groups is 1. The highest BCUT2D eigenvalue weighted by molar-refractivity contribution is 6.31. The van der Waals surface area contributed by atoms with E-state index < -0.39 is 11.4 Å². The lowest BCUT2D eigenvalue weighted by molar-refractivity contribution is -0.121. The van der Waals surface area contributed by atoms with Gasteiger partial charge in [0, 0.05) is 24.9 Å². The molecule has 28 heavy (non-hydrogen) atoms. The maximum absolute atomic E-state index is 13.2. The molecule has 0 spiro atoms. The van der Waals surface area contributed by atoms with Crippen molar-refractivity contribution in [3.05, 3.63) is 80.7 Å². The standard InChI is InChI=1S/C19H15ClF2N4O2/c20-14-9-12(3-6-15(14)22)18-24-19(28)16(25-26-18)7-8-17(27)23-10-11-1-4-13(21)5-2-11/h1-6,9H,7-8,10H2,(H,23,27)(H,24,26,28). The third kappa shape index (κ3) is 4.98. The smallest absolute Gasteiger partial charge is 0.273 e. The number of nitrogens with one attached hydrogen (secondary N) is 2. The lowest BCUT2D eigenvalue weighted by Gasteiger charge is -2.06. The van der Waals surface area contributed by atoms with Gasteiger partial charge in [-0.2, -0.15) is 0 Å². The molecule has 0 bridgehead atoms. The fraction of sp³-hybridized carbons (Fsp3) is 0.158. The average molecular weight is 405 g/mol. The van der Waals surface area contributed by atoms with Crippen molar-refractivity contribution >= 4 is 17.5 Å². The van der Waals surface area contributed by atoms with Gasteiger partial charge in [-0.3, -0.25) is 9.59 Å². The number of aromatic nitrogens is 3. The number of hydrogen-bond acceptors (Lipinski definition) is 4. The van der Waals surface area contributed by atoms with E-state index in [1.165, 1.54) is 24.3 Å². The summed E-state index contributed by atoms with van der Waals surface area (Å²) in [6, 6.07) is 9.69. The zero-order valence-electron chi connectivity index (χ0n) is 14.5. The van der Waals surface area contributed by atoms with Crippen molar-refractivity contribution in [2.24, 2.45) is 0 Å². The topological polar surface area (TPSA) is 87.7 Å². The number of benzene rings is 2. The molecule has 6 nitrogen and oxygen atoms in total. The molecule has 2 aromatic carbocycles. The van der Waals surface area contributed by atoms with Gasteiger partial charge in [0.2, 0.25) is 5.91 Å². The average Bonchev–Trinajstić information content (AvgIpc) is 2.68. The van der Waals surface area contributed by atoms with E-state index in [9.17, 15) is 18.4 Å². The minimum Gasteiger partial charge on any atom is -0.352 e. The Kier molecular flexibility index (Phi) is 6.10. The highest BCUT2D eigenvalue weighted by Crippen LogP contribution is 2.21. The minimum atomic E-state index is -0.580. The van der Waals surface area contributed by atoms with Crippen molar-refractivity contribution < 1.29 is 13.6 Å². The molecule has 1 heterocycles. The Bertz CT molecular complexity index is 1050. The Labute approximate surface area is 163 Å². The van der Waals surface area contributed by atoms with E-state index in [0.717, 1.165) is 11.6 Å². The molecule has 3 rings (SSSR count). The van der Waals surface area contributed by atoms with Crippen LogP contribution in [0.5, 0.6) is 0 Å². The van der Waals surface area contributed by atoms with E-state index in [-0.39, 0.29) is 47.7 Å². The molecule has 0 aliphatic rings. The second kappa shape index (κ2) is 8.71. The van der Waals surface area contributed by atoms with Gasteiger partial charge in [0.15, 0.2) is 5.82 Å². The van der Waals surface area contributed by atoms with Gasteiger partial charge >= 0.3 is 0 Å². The molecule has 0 radical (unpaired) electrons. The molecule has 1 aromatic heterocycles. The summed E-state index contributed by atoms with van der Waals surface area (Å²) in [4.78, 5) is 26.6. The second-order valence-corrected chi connectivity index (χ2v) is 6.39. The van der Waals surface area contributed by atoms with E-state index in [4.69, 9.17) is 11.6 Å². The number of H-pyrrole nitrogens is 1. The predicted octanol–water partition coefficient (Wildman–Crippen LogP) is 3.01. The van der Waals surface area contributed by atoms with Crippen molar-refractivity contribution in [2.45, 2.75) is 19.4 Å². The van der Waals surface area contributed by atoms with Crippen molar-refractivity contribution in [1.29, 1.82) is 0 Å². The van der Waals surface area contributed by atoms with Gasteiger partial charge in [0.1, 0.15) is 17.3 Å². The number of hydrogen-bond donors (Lipinski definition) is 2. The zero-order valence-corrected chi connectivity index (χ0v) is 15.3. The molecule has 0 atom stereocenters. The van der Waals surface area contributed by atoms with E-state index in [1.54, 1.807) is 12.1 Å². The summed E-state index contributed by atoms with van der Waals surface area (Å²) in [6.07, 6.45) is 0.142. The molecule has 0 aliphatic heterocycles. The Balaban J connectivity index is 1.58. The van der Waals surface area contributed by atoms with Gasteiger partial charge in [0.05, 0.1) is 5.02 Å². The summed E-state index contributed by atoms with van der Waals surface area (Å²) in [5.41, 5.74) is 0.792. The highest BCUT2D eigenvalue weighted by Gasteiger charge is 2.11. The second-order valence-electron chi connectivity index (χ2n) is 5.98. The van der Waals surface area contributed by atoms with Crippen LogP contribution in [0.25, 0.3) is 11.4 Å². The van der Waals surface area contributed by atoms with Gasteiger partial charge in [-0.25, -0.2) is 8.78 Å². The summed E-state index contributed by atoms with van der Waals surface area (Å²) >= 11 is 5.72. The summed E-state index contributed by atoms with van der Waals surface area (Å²) in [6.45, 7) is 0.255. The Morgan fingerprint density at radius 1 is 1.11 bits per heavy atom. The van der Waals surface area contributed by atoms with E-state index >= 15 is 0 Å². The van der Waals surface area contributed by atoms with Crippen LogP contribution in [0.15, 0.2) is 47.3 Å². The molecule has 1 amide bonds. The SMILES string of the molecule is O=C(CCc1nnc(-c2ccc(F)c(Cl)c2)[nH]c1=O)NCc1ccc(F)cc1. The van der Waals surface area contributed by atoms with Crippen LogP contribution >= 0.6 is 11.6 Å². The third-order valence-electron chi connectivity index (χ3n) is 3.95. The normalized spacial score (nSPS) is 10.7. The van der Waals surface area contributed by atoms with Gasteiger partial charge in [0.25, 0.3) is 5.56 Å².